The number of hydrogen-bond acceptors (Lipinski definition) is 5. The fourth-order valence-electron chi connectivity index (χ4n) is 1.68. The minimum Gasteiger partial charge on any atom is -0.478 e. The molecule has 0 fully saturated rings. The molecule has 96 valence electrons. The summed E-state index contributed by atoms with van der Waals surface area (Å²) < 4.78 is 5.39. The molecule has 0 aromatic carbocycles. The van der Waals surface area contributed by atoms with E-state index in [-0.39, 0.29) is 0 Å². The molecule has 1 N–H and O–H groups in total. The molecule has 1 aromatic heterocycles. The molecule has 0 radical (unpaired) electrons. The van der Waals surface area contributed by atoms with Crippen molar-refractivity contribution >= 4 is 5.82 Å². The molecule has 0 saturated carbocycles. The summed E-state index contributed by atoms with van der Waals surface area (Å²) in [5, 5.41) is 3.34. The standard InChI is InChI=1S/C12H22N4O/c1-6-17-12-7-11(14-10(3)15-12)13-9(2)8-16(4)5/h7,9H,6,8H2,1-5H3,(H,13,14,15). The van der Waals surface area contributed by atoms with Gasteiger partial charge in [-0.25, -0.2) is 4.98 Å². The highest BCUT2D eigenvalue weighted by molar-refractivity contribution is 5.39. The first-order chi connectivity index (χ1) is 8.01. The zero-order valence-electron chi connectivity index (χ0n) is 11.3. The first kappa shape index (κ1) is 13.7. The number of aryl methyl sites for hydroxylation is 1. The first-order valence-corrected chi connectivity index (χ1v) is 5.91. The smallest absolute Gasteiger partial charge is 0.218 e. The molecular weight excluding hydrogens is 216 g/mol. The molecule has 17 heavy (non-hydrogen) atoms. The number of nitrogens with zero attached hydrogens (tertiary/aromatic N) is 3. The molecule has 5 heteroatoms. The molecule has 0 amide bonds. The quantitative estimate of drug-likeness (QED) is 0.815. The predicted octanol–water partition coefficient (Wildman–Crippen LogP) is 1.55. The Morgan fingerprint density at radius 3 is 2.71 bits per heavy atom. The Hall–Kier alpha value is -1.36. The van der Waals surface area contributed by atoms with Gasteiger partial charge in [-0.1, -0.05) is 0 Å². The van der Waals surface area contributed by atoms with Gasteiger partial charge in [0.2, 0.25) is 5.88 Å². The van der Waals surface area contributed by atoms with Crippen LogP contribution >= 0.6 is 0 Å². The van der Waals surface area contributed by atoms with Gasteiger partial charge in [0.05, 0.1) is 6.61 Å². The van der Waals surface area contributed by atoms with Gasteiger partial charge in [-0.3, -0.25) is 0 Å². The number of anilines is 1. The summed E-state index contributed by atoms with van der Waals surface area (Å²) in [7, 11) is 4.10. The van der Waals surface area contributed by atoms with Crippen molar-refractivity contribution in [2.75, 3.05) is 32.6 Å². The summed E-state index contributed by atoms with van der Waals surface area (Å²) in [5.41, 5.74) is 0. The van der Waals surface area contributed by atoms with E-state index in [2.05, 4.69) is 41.2 Å². The molecule has 1 aromatic rings. The van der Waals surface area contributed by atoms with E-state index in [0.717, 1.165) is 18.2 Å². The van der Waals surface area contributed by atoms with Crippen LogP contribution in [0.25, 0.3) is 0 Å². The average molecular weight is 238 g/mol. The Morgan fingerprint density at radius 1 is 1.41 bits per heavy atom. The third-order valence-corrected chi connectivity index (χ3v) is 2.14. The molecule has 0 aliphatic carbocycles. The van der Waals surface area contributed by atoms with Crippen molar-refractivity contribution < 1.29 is 4.74 Å². The van der Waals surface area contributed by atoms with Crippen LogP contribution in [-0.2, 0) is 0 Å². The van der Waals surface area contributed by atoms with Crippen molar-refractivity contribution in [3.63, 3.8) is 0 Å². The van der Waals surface area contributed by atoms with Crippen LogP contribution in [0, 0.1) is 6.92 Å². The monoisotopic (exact) mass is 238 g/mol. The third-order valence-electron chi connectivity index (χ3n) is 2.14. The molecule has 1 heterocycles. The van der Waals surface area contributed by atoms with Crippen LogP contribution in [-0.4, -0.2) is 48.2 Å². The highest BCUT2D eigenvalue weighted by Crippen LogP contribution is 2.14. The largest absolute Gasteiger partial charge is 0.478 e. The maximum absolute atomic E-state index is 5.39. The van der Waals surface area contributed by atoms with E-state index in [1.165, 1.54) is 0 Å². The lowest BCUT2D eigenvalue weighted by Gasteiger charge is -2.19. The van der Waals surface area contributed by atoms with Crippen LogP contribution in [0.1, 0.15) is 19.7 Å². The third kappa shape index (κ3) is 4.99. The minimum absolute atomic E-state index is 0.328. The molecule has 0 spiro atoms. The number of rotatable bonds is 6. The second-order valence-electron chi connectivity index (χ2n) is 4.38. The van der Waals surface area contributed by atoms with Crippen LogP contribution in [0.3, 0.4) is 0 Å². The number of aromatic nitrogens is 2. The summed E-state index contributed by atoms with van der Waals surface area (Å²) in [5.74, 6) is 2.16. The van der Waals surface area contributed by atoms with Gasteiger partial charge in [-0.15, -0.1) is 0 Å². The first-order valence-electron chi connectivity index (χ1n) is 5.91. The lowest BCUT2D eigenvalue weighted by Crippen LogP contribution is -2.30. The van der Waals surface area contributed by atoms with Crippen LogP contribution in [0.2, 0.25) is 0 Å². The van der Waals surface area contributed by atoms with Crippen molar-refractivity contribution in [3.05, 3.63) is 11.9 Å². The van der Waals surface area contributed by atoms with E-state index in [0.29, 0.717) is 18.5 Å². The molecule has 0 aliphatic rings. The van der Waals surface area contributed by atoms with Crippen LogP contribution < -0.4 is 10.1 Å². The topological polar surface area (TPSA) is 50.3 Å². The second-order valence-corrected chi connectivity index (χ2v) is 4.38. The highest BCUT2D eigenvalue weighted by atomic mass is 16.5. The van der Waals surface area contributed by atoms with Gasteiger partial charge in [0.15, 0.2) is 0 Å². The van der Waals surface area contributed by atoms with E-state index < -0.39 is 0 Å². The van der Waals surface area contributed by atoms with E-state index in [1.807, 2.05) is 19.9 Å². The zero-order valence-corrected chi connectivity index (χ0v) is 11.3. The minimum atomic E-state index is 0.328. The Labute approximate surface area is 103 Å². The van der Waals surface area contributed by atoms with Gasteiger partial charge >= 0.3 is 0 Å². The summed E-state index contributed by atoms with van der Waals surface area (Å²) in [6.07, 6.45) is 0. The van der Waals surface area contributed by atoms with Gasteiger partial charge in [-0.2, -0.15) is 4.98 Å². The van der Waals surface area contributed by atoms with Crippen molar-refractivity contribution in [2.24, 2.45) is 0 Å². The lowest BCUT2D eigenvalue weighted by molar-refractivity contribution is 0.325. The summed E-state index contributed by atoms with van der Waals surface area (Å²) in [6, 6.07) is 2.16. The summed E-state index contributed by atoms with van der Waals surface area (Å²) >= 11 is 0. The highest BCUT2D eigenvalue weighted by Gasteiger charge is 2.07. The molecule has 1 unspecified atom stereocenters. The lowest BCUT2D eigenvalue weighted by atomic mass is 10.3. The Kier molecular flexibility index (Phi) is 5.15. The summed E-state index contributed by atoms with van der Waals surface area (Å²) in [4.78, 5) is 10.7. The molecule has 5 nitrogen and oxygen atoms in total. The van der Waals surface area contributed by atoms with Gasteiger partial charge in [0.1, 0.15) is 11.6 Å². The predicted molar refractivity (Wildman–Crippen MR) is 69.6 cm³/mol. The van der Waals surface area contributed by atoms with Crippen LogP contribution in [0.5, 0.6) is 5.88 Å². The molecule has 0 bridgehead atoms. The Morgan fingerprint density at radius 2 is 2.12 bits per heavy atom. The molecule has 1 atom stereocenters. The van der Waals surface area contributed by atoms with E-state index in [9.17, 15) is 0 Å². The number of ether oxygens (including phenoxy) is 1. The fourth-order valence-corrected chi connectivity index (χ4v) is 1.68. The average Bonchev–Trinajstić information content (AvgIpc) is 2.14. The maximum atomic E-state index is 5.39. The Bertz CT molecular complexity index is 354. The van der Waals surface area contributed by atoms with Crippen molar-refractivity contribution in [1.29, 1.82) is 0 Å². The van der Waals surface area contributed by atoms with E-state index in [4.69, 9.17) is 4.74 Å². The van der Waals surface area contributed by atoms with Crippen molar-refractivity contribution in [3.8, 4) is 5.88 Å². The van der Waals surface area contributed by atoms with Gasteiger partial charge < -0.3 is 15.0 Å². The van der Waals surface area contributed by atoms with Crippen LogP contribution in [0.15, 0.2) is 6.07 Å². The zero-order chi connectivity index (χ0) is 12.8. The number of nitrogens with one attached hydrogen (secondary N) is 1. The van der Waals surface area contributed by atoms with Gasteiger partial charge in [-0.05, 0) is 34.9 Å². The van der Waals surface area contributed by atoms with Gasteiger partial charge in [0.25, 0.3) is 0 Å². The Balaban J connectivity index is 2.69. The number of likely N-dealkylation sites (N-methyl/N-ethyl adjacent to an activating group) is 1. The fraction of sp³-hybridized carbons (Fsp3) is 0.667. The normalized spacial score (nSPS) is 12.6. The summed E-state index contributed by atoms with van der Waals surface area (Å²) in [6.45, 7) is 7.50. The van der Waals surface area contributed by atoms with Crippen molar-refractivity contribution in [2.45, 2.75) is 26.8 Å². The number of hydrogen-bond donors (Lipinski definition) is 1. The van der Waals surface area contributed by atoms with Crippen molar-refractivity contribution in [1.82, 2.24) is 14.9 Å². The molecule has 0 aliphatic heterocycles. The molecule has 0 saturated heterocycles. The van der Waals surface area contributed by atoms with E-state index >= 15 is 0 Å². The second kappa shape index (κ2) is 6.39. The van der Waals surface area contributed by atoms with Gasteiger partial charge in [0, 0.05) is 18.7 Å². The van der Waals surface area contributed by atoms with E-state index in [1.54, 1.807) is 0 Å². The molecule has 1 rings (SSSR count). The molecular formula is C12H22N4O. The maximum Gasteiger partial charge on any atom is 0.218 e. The van der Waals surface area contributed by atoms with Crippen LogP contribution in [0.4, 0.5) is 5.82 Å². The SMILES string of the molecule is CCOc1cc(NC(C)CN(C)C)nc(C)n1.